The van der Waals surface area contributed by atoms with Crippen LogP contribution >= 0.6 is 0 Å². The third-order valence-corrected chi connectivity index (χ3v) is 1.97. The first-order valence-corrected chi connectivity index (χ1v) is 5.08. The van der Waals surface area contributed by atoms with Crippen LogP contribution in [0.2, 0.25) is 0 Å². The first-order valence-electron chi connectivity index (χ1n) is 5.08. The maximum Gasteiger partial charge on any atom is 0.414 e. The maximum atomic E-state index is 11.6. The summed E-state index contributed by atoms with van der Waals surface area (Å²) in [6.07, 6.45) is 3.52. The number of amides is 1. The van der Waals surface area contributed by atoms with Crippen LogP contribution in [0, 0.1) is 0 Å². The van der Waals surface area contributed by atoms with Crippen molar-refractivity contribution < 1.29 is 14.3 Å². The zero-order valence-electron chi connectivity index (χ0n) is 9.45. The number of nitrogens with zero attached hydrogens (tertiary/aromatic N) is 1. The Kier molecular flexibility index (Phi) is 3.50. The molecule has 0 fully saturated rings. The van der Waals surface area contributed by atoms with Gasteiger partial charge in [-0.25, -0.2) is 4.79 Å². The summed E-state index contributed by atoms with van der Waals surface area (Å²) in [6.45, 7) is 6.07. The molecule has 0 saturated heterocycles. The number of rotatable bonds is 1. The summed E-state index contributed by atoms with van der Waals surface area (Å²) in [4.78, 5) is 23.6. The van der Waals surface area contributed by atoms with Crippen LogP contribution in [0.3, 0.4) is 0 Å². The van der Waals surface area contributed by atoms with Gasteiger partial charge in [0.1, 0.15) is 11.9 Å². The van der Waals surface area contributed by atoms with Gasteiger partial charge in [0, 0.05) is 18.3 Å². The molecule has 0 radical (unpaired) electrons. The van der Waals surface area contributed by atoms with E-state index in [1.807, 2.05) is 20.8 Å². The Labute approximate surface area is 89.9 Å². The highest BCUT2D eigenvalue weighted by atomic mass is 16.6. The highest BCUT2D eigenvalue weighted by Gasteiger charge is 2.22. The maximum absolute atomic E-state index is 11.6. The number of hydrogen-bond acceptors (Lipinski definition) is 3. The SMILES string of the molecule is CC(C)(C)OC(=O)N1C=C(C=O)CCC1. The van der Waals surface area contributed by atoms with E-state index in [1.54, 1.807) is 6.20 Å². The van der Waals surface area contributed by atoms with Gasteiger partial charge in [0.15, 0.2) is 0 Å². The molecule has 0 aromatic heterocycles. The predicted molar refractivity (Wildman–Crippen MR) is 56.3 cm³/mol. The minimum Gasteiger partial charge on any atom is -0.443 e. The second kappa shape index (κ2) is 4.47. The first kappa shape index (κ1) is 11.8. The quantitative estimate of drug-likeness (QED) is 0.624. The molecule has 0 unspecified atom stereocenters. The summed E-state index contributed by atoms with van der Waals surface area (Å²) >= 11 is 0. The van der Waals surface area contributed by atoms with Gasteiger partial charge in [0.05, 0.1) is 0 Å². The Morgan fingerprint density at radius 1 is 1.53 bits per heavy atom. The van der Waals surface area contributed by atoms with Crippen molar-refractivity contribution in [2.24, 2.45) is 0 Å². The standard InChI is InChI=1S/C11H17NO3/c1-11(2,3)15-10(14)12-6-4-5-9(7-12)8-13/h7-8H,4-6H2,1-3H3. The Morgan fingerprint density at radius 3 is 2.73 bits per heavy atom. The summed E-state index contributed by atoms with van der Waals surface area (Å²) in [5.74, 6) is 0. The highest BCUT2D eigenvalue weighted by molar-refractivity contribution is 5.76. The van der Waals surface area contributed by atoms with Gasteiger partial charge in [0.2, 0.25) is 0 Å². The molecule has 4 nitrogen and oxygen atoms in total. The summed E-state index contributed by atoms with van der Waals surface area (Å²) in [7, 11) is 0. The van der Waals surface area contributed by atoms with E-state index >= 15 is 0 Å². The smallest absolute Gasteiger partial charge is 0.414 e. The zero-order valence-corrected chi connectivity index (χ0v) is 9.45. The number of carbonyl (C=O) groups is 2. The molecule has 84 valence electrons. The minimum atomic E-state index is -0.496. The van der Waals surface area contributed by atoms with Crippen molar-refractivity contribution in [1.82, 2.24) is 4.90 Å². The molecule has 1 rings (SSSR count). The van der Waals surface area contributed by atoms with Crippen LogP contribution in [-0.2, 0) is 9.53 Å². The molecule has 0 bridgehead atoms. The molecule has 1 aliphatic rings. The minimum absolute atomic E-state index is 0.387. The molecule has 0 aromatic carbocycles. The molecule has 0 saturated carbocycles. The second-order valence-electron chi connectivity index (χ2n) is 4.60. The average molecular weight is 211 g/mol. The van der Waals surface area contributed by atoms with Crippen LogP contribution in [0.5, 0.6) is 0 Å². The Balaban J connectivity index is 2.64. The van der Waals surface area contributed by atoms with E-state index in [4.69, 9.17) is 4.74 Å². The average Bonchev–Trinajstić information content (AvgIpc) is 2.15. The molecule has 1 aliphatic heterocycles. The molecular weight excluding hydrogens is 194 g/mol. The van der Waals surface area contributed by atoms with Crippen LogP contribution in [0.4, 0.5) is 4.79 Å². The van der Waals surface area contributed by atoms with Gasteiger partial charge < -0.3 is 4.74 Å². The fraction of sp³-hybridized carbons (Fsp3) is 0.636. The molecule has 1 heterocycles. The zero-order chi connectivity index (χ0) is 11.5. The fourth-order valence-corrected chi connectivity index (χ4v) is 1.34. The predicted octanol–water partition coefficient (Wildman–Crippen LogP) is 2.10. The third kappa shape index (κ3) is 3.73. The van der Waals surface area contributed by atoms with Gasteiger partial charge in [-0.05, 0) is 33.6 Å². The van der Waals surface area contributed by atoms with Crippen LogP contribution < -0.4 is 0 Å². The van der Waals surface area contributed by atoms with Crippen molar-refractivity contribution in [1.29, 1.82) is 0 Å². The molecule has 1 amide bonds. The molecule has 15 heavy (non-hydrogen) atoms. The Hall–Kier alpha value is -1.32. The lowest BCUT2D eigenvalue weighted by Gasteiger charge is -2.27. The first-order chi connectivity index (χ1) is 6.92. The Bertz CT molecular complexity index is 289. The van der Waals surface area contributed by atoms with E-state index in [1.165, 1.54) is 4.90 Å². The van der Waals surface area contributed by atoms with Crippen molar-refractivity contribution in [2.45, 2.75) is 39.2 Å². The number of aldehydes is 1. The van der Waals surface area contributed by atoms with Gasteiger partial charge in [-0.3, -0.25) is 9.69 Å². The molecular formula is C11H17NO3. The van der Waals surface area contributed by atoms with Crippen molar-refractivity contribution in [3.8, 4) is 0 Å². The number of carbonyl (C=O) groups excluding carboxylic acids is 2. The second-order valence-corrected chi connectivity index (χ2v) is 4.60. The lowest BCUT2D eigenvalue weighted by Crippen LogP contribution is -2.35. The van der Waals surface area contributed by atoms with Crippen molar-refractivity contribution >= 4 is 12.4 Å². The molecule has 0 aromatic rings. The normalized spacial score (nSPS) is 17.0. The van der Waals surface area contributed by atoms with E-state index in [0.29, 0.717) is 12.1 Å². The monoisotopic (exact) mass is 211 g/mol. The Morgan fingerprint density at radius 2 is 2.20 bits per heavy atom. The lowest BCUT2D eigenvalue weighted by molar-refractivity contribution is -0.105. The highest BCUT2D eigenvalue weighted by Crippen LogP contribution is 2.16. The van der Waals surface area contributed by atoms with Gasteiger partial charge in [-0.15, -0.1) is 0 Å². The summed E-state index contributed by atoms with van der Waals surface area (Å²) in [5.41, 5.74) is 0.149. The molecule has 0 spiro atoms. The van der Waals surface area contributed by atoms with E-state index in [0.717, 1.165) is 19.1 Å². The van der Waals surface area contributed by atoms with Crippen LogP contribution in [0.1, 0.15) is 33.6 Å². The van der Waals surface area contributed by atoms with E-state index in [9.17, 15) is 9.59 Å². The summed E-state index contributed by atoms with van der Waals surface area (Å²) < 4.78 is 5.20. The van der Waals surface area contributed by atoms with Crippen molar-refractivity contribution in [3.05, 3.63) is 11.8 Å². The van der Waals surface area contributed by atoms with Gasteiger partial charge >= 0.3 is 6.09 Å². The van der Waals surface area contributed by atoms with Crippen molar-refractivity contribution in [2.75, 3.05) is 6.54 Å². The third-order valence-electron chi connectivity index (χ3n) is 1.97. The summed E-state index contributed by atoms with van der Waals surface area (Å²) in [6, 6.07) is 0. The van der Waals surface area contributed by atoms with Gasteiger partial charge in [-0.2, -0.15) is 0 Å². The summed E-state index contributed by atoms with van der Waals surface area (Å²) in [5, 5.41) is 0. The molecule has 0 atom stereocenters. The molecule has 0 aliphatic carbocycles. The van der Waals surface area contributed by atoms with E-state index < -0.39 is 5.60 Å². The number of allylic oxidation sites excluding steroid dienone is 1. The number of ether oxygens (including phenoxy) is 1. The van der Waals surface area contributed by atoms with Gasteiger partial charge in [0.25, 0.3) is 0 Å². The van der Waals surface area contributed by atoms with E-state index in [2.05, 4.69) is 0 Å². The molecule has 0 N–H and O–H groups in total. The largest absolute Gasteiger partial charge is 0.443 e. The molecule has 4 heteroatoms. The number of hydrogen-bond donors (Lipinski definition) is 0. The van der Waals surface area contributed by atoms with Crippen LogP contribution in [0.15, 0.2) is 11.8 Å². The fourth-order valence-electron chi connectivity index (χ4n) is 1.34. The van der Waals surface area contributed by atoms with E-state index in [-0.39, 0.29) is 6.09 Å². The van der Waals surface area contributed by atoms with Gasteiger partial charge in [-0.1, -0.05) is 0 Å². The van der Waals surface area contributed by atoms with Crippen LogP contribution in [0.25, 0.3) is 0 Å². The lowest BCUT2D eigenvalue weighted by atomic mass is 10.1. The van der Waals surface area contributed by atoms with Crippen molar-refractivity contribution in [3.63, 3.8) is 0 Å². The topological polar surface area (TPSA) is 46.6 Å². The van der Waals surface area contributed by atoms with Crippen LogP contribution in [-0.4, -0.2) is 29.4 Å².